The number of aromatic carboxylic acids is 1. The lowest BCUT2D eigenvalue weighted by atomic mass is 10.1. The summed E-state index contributed by atoms with van der Waals surface area (Å²) in [7, 11) is 0. The van der Waals surface area contributed by atoms with Crippen molar-refractivity contribution in [3.63, 3.8) is 0 Å². The fourth-order valence-corrected chi connectivity index (χ4v) is 2.42. The Hall–Kier alpha value is -3.79. The summed E-state index contributed by atoms with van der Waals surface area (Å²) in [5.74, 6) is 4.79. The molecule has 0 spiro atoms. The minimum atomic E-state index is -1.09. The van der Waals surface area contributed by atoms with Gasteiger partial charge in [-0.15, -0.1) is 0 Å². The van der Waals surface area contributed by atoms with Crippen LogP contribution in [0.15, 0.2) is 48.5 Å². The number of carboxylic acids is 1. The van der Waals surface area contributed by atoms with E-state index in [4.69, 9.17) is 9.84 Å². The molecule has 3 rings (SSSR count). The van der Waals surface area contributed by atoms with Crippen LogP contribution in [0, 0.1) is 11.8 Å². The lowest BCUT2D eigenvalue weighted by Gasteiger charge is -2.05. The third-order valence-corrected chi connectivity index (χ3v) is 3.73. The number of aromatic amines is 1. The summed E-state index contributed by atoms with van der Waals surface area (Å²) in [6, 6.07) is 14.6. The maximum absolute atomic E-state index is 11.6. The number of nitrogens with one attached hydrogen (secondary N) is 2. The SMILES string of the molecule is O=C(NCCC#Cc1ccc2[nH]nc(C(=O)O)c2c1)OCc1ccccc1. The highest BCUT2D eigenvalue weighted by Crippen LogP contribution is 2.17. The maximum Gasteiger partial charge on any atom is 0.407 e. The van der Waals surface area contributed by atoms with Gasteiger partial charge in [-0.1, -0.05) is 42.2 Å². The van der Waals surface area contributed by atoms with Crippen molar-refractivity contribution >= 4 is 23.0 Å². The molecular weight excluding hydrogens is 346 g/mol. The number of carboxylic acid groups (broad SMARTS) is 1. The molecule has 1 heterocycles. The van der Waals surface area contributed by atoms with E-state index in [1.165, 1.54) is 0 Å². The normalized spacial score (nSPS) is 10.1. The Labute approximate surface area is 155 Å². The van der Waals surface area contributed by atoms with Crippen molar-refractivity contribution in [2.75, 3.05) is 6.54 Å². The van der Waals surface area contributed by atoms with Gasteiger partial charge in [-0.05, 0) is 23.8 Å². The first-order chi connectivity index (χ1) is 13.1. The number of H-pyrrole nitrogens is 1. The van der Waals surface area contributed by atoms with Crippen LogP contribution >= 0.6 is 0 Å². The second-order valence-corrected chi connectivity index (χ2v) is 5.68. The van der Waals surface area contributed by atoms with E-state index in [-0.39, 0.29) is 12.3 Å². The van der Waals surface area contributed by atoms with Gasteiger partial charge in [0.05, 0.1) is 5.52 Å². The minimum Gasteiger partial charge on any atom is -0.476 e. The molecule has 0 saturated heterocycles. The molecule has 7 heteroatoms. The molecule has 27 heavy (non-hydrogen) atoms. The number of hydrogen-bond acceptors (Lipinski definition) is 4. The number of alkyl carbamates (subject to hydrolysis) is 1. The number of amides is 1. The summed E-state index contributed by atoms with van der Waals surface area (Å²) in [6.45, 7) is 0.573. The summed E-state index contributed by atoms with van der Waals surface area (Å²) in [6.07, 6.45) is -0.0538. The van der Waals surface area contributed by atoms with E-state index in [1.54, 1.807) is 18.2 Å². The fraction of sp³-hybridized carbons (Fsp3) is 0.150. The van der Waals surface area contributed by atoms with Crippen LogP contribution < -0.4 is 5.32 Å². The number of hydrogen-bond donors (Lipinski definition) is 3. The van der Waals surface area contributed by atoms with Crippen LogP contribution in [0.2, 0.25) is 0 Å². The average molecular weight is 363 g/mol. The van der Waals surface area contributed by atoms with Crippen LogP contribution in [-0.2, 0) is 11.3 Å². The second-order valence-electron chi connectivity index (χ2n) is 5.68. The van der Waals surface area contributed by atoms with Crippen LogP contribution in [0.1, 0.15) is 28.0 Å². The Morgan fingerprint density at radius 3 is 2.78 bits per heavy atom. The molecule has 1 aromatic heterocycles. The number of fused-ring (bicyclic) bond motifs is 1. The predicted molar refractivity (Wildman–Crippen MR) is 99.2 cm³/mol. The van der Waals surface area contributed by atoms with Gasteiger partial charge in [0.2, 0.25) is 0 Å². The van der Waals surface area contributed by atoms with Gasteiger partial charge in [-0.25, -0.2) is 9.59 Å². The number of carbonyl (C=O) groups excluding carboxylic acids is 1. The van der Waals surface area contributed by atoms with Crippen LogP contribution in [0.4, 0.5) is 4.79 Å². The minimum absolute atomic E-state index is 0.0310. The number of nitrogens with zero attached hydrogens (tertiary/aromatic N) is 1. The van der Waals surface area contributed by atoms with E-state index >= 15 is 0 Å². The molecule has 0 fully saturated rings. The number of aromatic nitrogens is 2. The topological polar surface area (TPSA) is 104 Å². The molecule has 0 bridgehead atoms. The Morgan fingerprint density at radius 1 is 1.19 bits per heavy atom. The van der Waals surface area contributed by atoms with Crippen molar-refractivity contribution in [2.45, 2.75) is 13.0 Å². The zero-order valence-corrected chi connectivity index (χ0v) is 14.4. The van der Waals surface area contributed by atoms with Crippen molar-refractivity contribution in [1.82, 2.24) is 15.5 Å². The van der Waals surface area contributed by atoms with E-state index in [0.29, 0.717) is 29.4 Å². The van der Waals surface area contributed by atoms with Crippen molar-refractivity contribution in [1.29, 1.82) is 0 Å². The predicted octanol–water partition coefficient (Wildman–Crippen LogP) is 2.93. The van der Waals surface area contributed by atoms with Crippen molar-refractivity contribution in [3.05, 3.63) is 65.4 Å². The summed E-state index contributed by atoms with van der Waals surface area (Å²) in [5.41, 5.74) is 2.21. The molecular formula is C20H17N3O4. The van der Waals surface area contributed by atoms with Crippen LogP contribution in [0.5, 0.6) is 0 Å². The monoisotopic (exact) mass is 363 g/mol. The van der Waals surface area contributed by atoms with Crippen LogP contribution in [0.3, 0.4) is 0 Å². The largest absolute Gasteiger partial charge is 0.476 e. The van der Waals surface area contributed by atoms with Gasteiger partial charge in [-0.3, -0.25) is 5.10 Å². The number of benzene rings is 2. The first-order valence-corrected chi connectivity index (χ1v) is 8.28. The highest BCUT2D eigenvalue weighted by atomic mass is 16.5. The molecule has 0 aliphatic rings. The Balaban J connectivity index is 1.47. The Kier molecular flexibility index (Phi) is 5.70. The third-order valence-electron chi connectivity index (χ3n) is 3.73. The van der Waals surface area contributed by atoms with Crippen LogP contribution in [-0.4, -0.2) is 33.9 Å². The quantitative estimate of drug-likeness (QED) is 0.478. The third kappa shape index (κ3) is 4.86. The van der Waals surface area contributed by atoms with Gasteiger partial charge in [0.15, 0.2) is 5.69 Å². The zero-order chi connectivity index (χ0) is 19.1. The second kappa shape index (κ2) is 8.54. The standard InChI is InChI=1S/C20H17N3O4/c24-19(25)18-16-12-14(9-10-17(16)22-23-18)6-4-5-11-21-20(26)27-13-15-7-2-1-3-8-15/h1-3,7-10,12H,5,11,13H2,(H,21,26)(H,22,23)(H,24,25). The zero-order valence-electron chi connectivity index (χ0n) is 14.4. The Morgan fingerprint density at radius 2 is 2.00 bits per heavy atom. The first-order valence-electron chi connectivity index (χ1n) is 8.28. The molecule has 2 aromatic carbocycles. The molecule has 0 aliphatic carbocycles. The lowest BCUT2D eigenvalue weighted by molar-refractivity contribution is 0.0692. The maximum atomic E-state index is 11.6. The number of carbonyl (C=O) groups is 2. The molecule has 0 radical (unpaired) electrons. The van der Waals surface area contributed by atoms with E-state index in [1.807, 2.05) is 30.3 Å². The molecule has 136 valence electrons. The molecule has 3 N–H and O–H groups in total. The Bertz CT molecular complexity index is 1020. The first kappa shape index (κ1) is 18.0. The van der Waals surface area contributed by atoms with E-state index in [0.717, 1.165) is 5.56 Å². The molecule has 7 nitrogen and oxygen atoms in total. The molecule has 0 atom stereocenters. The van der Waals surface area contributed by atoms with E-state index in [9.17, 15) is 9.59 Å². The summed E-state index contributed by atoms with van der Waals surface area (Å²) in [5, 5.41) is 18.7. The molecule has 0 saturated carbocycles. The number of rotatable bonds is 5. The van der Waals surface area contributed by atoms with Crippen molar-refractivity contribution in [2.24, 2.45) is 0 Å². The van der Waals surface area contributed by atoms with E-state index < -0.39 is 12.1 Å². The molecule has 0 unspecified atom stereocenters. The highest BCUT2D eigenvalue weighted by molar-refractivity contribution is 6.01. The van der Waals surface area contributed by atoms with E-state index in [2.05, 4.69) is 27.4 Å². The molecule has 0 aliphatic heterocycles. The fourth-order valence-electron chi connectivity index (χ4n) is 2.42. The summed E-state index contributed by atoms with van der Waals surface area (Å²) >= 11 is 0. The van der Waals surface area contributed by atoms with Gasteiger partial charge >= 0.3 is 12.1 Å². The van der Waals surface area contributed by atoms with Gasteiger partial charge < -0.3 is 15.2 Å². The molecule has 1 amide bonds. The highest BCUT2D eigenvalue weighted by Gasteiger charge is 2.12. The smallest absolute Gasteiger partial charge is 0.407 e. The summed E-state index contributed by atoms with van der Waals surface area (Å²) < 4.78 is 5.10. The van der Waals surface area contributed by atoms with Crippen molar-refractivity contribution < 1.29 is 19.4 Å². The van der Waals surface area contributed by atoms with Gasteiger partial charge in [0.1, 0.15) is 6.61 Å². The lowest BCUT2D eigenvalue weighted by Crippen LogP contribution is -2.24. The van der Waals surface area contributed by atoms with Gasteiger partial charge in [0.25, 0.3) is 0 Å². The van der Waals surface area contributed by atoms with Gasteiger partial charge in [-0.2, -0.15) is 5.10 Å². The van der Waals surface area contributed by atoms with Crippen LogP contribution in [0.25, 0.3) is 10.9 Å². The average Bonchev–Trinajstić information content (AvgIpc) is 3.10. The number of ether oxygens (including phenoxy) is 1. The molecule has 3 aromatic rings. The summed E-state index contributed by atoms with van der Waals surface area (Å²) in [4.78, 5) is 22.7. The van der Waals surface area contributed by atoms with Gasteiger partial charge in [0, 0.05) is 23.9 Å². The van der Waals surface area contributed by atoms with Crippen molar-refractivity contribution in [3.8, 4) is 11.8 Å².